The lowest BCUT2D eigenvalue weighted by Gasteiger charge is -2.51. The monoisotopic (exact) mass is 610 g/mol. The van der Waals surface area contributed by atoms with Crippen LogP contribution in [-0.2, 0) is 19.1 Å². The second kappa shape index (κ2) is 11.2. The lowest BCUT2D eigenvalue weighted by Crippen LogP contribution is -2.64. The second-order valence-corrected chi connectivity index (χ2v) is 14.0. The molecular weight excluding hydrogens is 564 g/mol. The number of hydrogen-bond acceptors (Lipinski definition) is 9. The molecule has 0 heterocycles. The number of esters is 2. The normalized spacial score (nSPS) is 38.3. The SMILES string of the molecule is CCCCCCCC(=O)O[C@]12C(C3=C[C@](O)(CO)C[C@]4(O)C(=O)C(C)=CC4[C@@]3(O)[C@H](C)[C@H]1OC(=O)c1ccccc1)C2(C)C. The van der Waals surface area contributed by atoms with E-state index in [4.69, 9.17) is 9.47 Å². The number of carbonyl (C=O) groups is 3. The van der Waals surface area contributed by atoms with Gasteiger partial charge in [-0.25, -0.2) is 4.79 Å². The van der Waals surface area contributed by atoms with Crippen LogP contribution in [0.2, 0.25) is 0 Å². The Morgan fingerprint density at radius 1 is 1.02 bits per heavy atom. The number of ether oxygens (including phenoxy) is 2. The number of benzene rings is 1. The van der Waals surface area contributed by atoms with Gasteiger partial charge in [0.25, 0.3) is 0 Å². The Labute approximate surface area is 259 Å². The van der Waals surface area contributed by atoms with Crippen LogP contribution in [0.3, 0.4) is 0 Å². The molecule has 44 heavy (non-hydrogen) atoms. The molecule has 9 heteroatoms. The average molecular weight is 611 g/mol. The fraction of sp³-hybridized carbons (Fsp3) is 0.629. The van der Waals surface area contributed by atoms with Crippen LogP contribution in [0.5, 0.6) is 0 Å². The van der Waals surface area contributed by atoms with E-state index in [-0.39, 0.29) is 23.1 Å². The first-order valence-corrected chi connectivity index (χ1v) is 15.9. The van der Waals surface area contributed by atoms with Crippen molar-refractivity contribution in [2.45, 2.75) is 108 Å². The van der Waals surface area contributed by atoms with Crippen LogP contribution >= 0.6 is 0 Å². The molecule has 2 fully saturated rings. The zero-order valence-electron chi connectivity index (χ0n) is 26.3. The van der Waals surface area contributed by atoms with Gasteiger partial charge in [-0.15, -0.1) is 0 Å². The Kier molecular flexibility index (Phi) is 8.28. The minimum absolute atomic E-state index is 0.171. The fourth-order valence-electron chi connectivity index (χ4n) is 8.51. The maximum absolute atomic E-state index is 13.6. The summed E-state index contributed by atoms with van der Waals surface area (Å²) >= 11 is 0. The van der Waals surface area contributed by atoms with Gasteiger partial charge in [-0.1, -0.05) is 77.7 Å². The van der Waals surface area contributed by atoms with Crippen LogP contribution in [0.4, 0.5) is 0 Å². The fourth-order valence-corrected chi connectivity index (χ4v) is 8.51. The number of carbonyl (C=O) groups excluding carboxylic acids is 3. The zero-order chi connectivity index (χ0) is 32.3. The first kappa shape index (κ1) is 32.5. The molecule has 4 N–H and O–H groups in total. The van der Waals surface area contributed by atoms with Crippen molar-refractivity contribution in [2.75, 3.05) is 6.61 Å². The molecule has 240 valence electrons. The maximum atomic E-state index is 13.6. The summed E-state index contributed by atoms with van der Waals surface area (Å²) in [5.74, 6) is -4.75. The highest BCUT2D eigenvalue weighted by atomic mass is 16.6. The first-order chi connectivity index (χ1) is 20.6. The highest BCUT2D eigenvalue weighted by molar-refractivity contribution is 6.05. The number of ketones is 1. The van der Waals surface area contributed by atoms with Crippen molar-refractivity contribution in [1.82, 2.24) is 0 Å². The van der Waals surface area contributed by atoms with Crippen LogP contribution in [0.25, 0.3) is 0 Å². The van der Waals surface area contributed by atoms with Crippen LogP contribution in [0.15, 0.2) is 53.6 Å². The van der Waals surface area contributed by atoms with Gasteiger partial charge < -0.3 is 29.9 Å². The van der Waals surface area contributed by atoms with Gasteiger partial charge in [0.15, 0.2) is 11.4 Å². The Morgan fingerprint density at radius 3 is 2.32 bits per heavy atom. The topological polar surface area (TPSA) is 151 Å². The number of aliphatic hydroxyl groups excluding tert-OH is 1. The van der Waals surface area contributed by atoms with E-state index in [1.165, 1.54) is 19.1 Å². The summed E-state index contributed by atoms with van der Waals surface area (Å²) < 4.78 is 12.6. The average Bonchev–Trinajstić information content (AvgIpc) is 3.41. The van der Waals surface area contributed by atoms with Gasteiger partial charge in [0.05, 0.1) is 12.2 Å². The van der Waals surface area contributed by atoms with Gasteiger partial charge in [-0.2, -0.15) is 0 Å². The third-order valence-corrected chi connectivity index (χ3v) is 10.9. The molecule has 5 rings (SSSR count). The van der Waals surface area contributed by atoms with Crippen molar-refractivity contribution in [3.05, 3.63) is 59.2 Å². The van der Waals surface area contributed by atoms with Crippen molar-refractivity contribution in [2.24, 2.45) is 23.2 Å². The maximum Gasteiger partial charge on any atom is 0.338 e. The van der Waals surface area contributed by atoms with E-state index in [9.17, 15) is 34.8 Å². The Balaban J connectivity index is 1.63. The summed E-state index contributed by atoms with van der Waals surface area (Å²) in [6.45, 7) is 8.19. The van der Waals surface area contributed by atoms with Crippen LogP contribution in [-0.4, -0.2) is 73.3 Å². The highest BCUT2D eigenvalue weighted by Gasteiger charge is 2.87. The summed E-state index contributed by atoms with van der Waals surface area (Å²) in [5.41, 5.74) is -7.83. The van der Waals surface area contributed by atoms with Gasteiger partial charge >= 0.3 is 11.9 Å². The van der Waals surface area contributed by atoms with Crippen molar-refractivity contribution in [3.8, 4) is 0 Å². The molecule has 0 bridgehead atoms. The first-order valence-electron chi connectivity index (χ1n) is 15.9. The van der Waals surface area contributed by atoms with E-state index in [0.717, 1.165) is 25.7 Å². The predicted octanol–water partition coefficient (Wildman–Crippen LogP) is 3.82. The van der Waals surface area contributed by atoms with Crippen LogP contribution < -0.4 is 0 Å². The molecule has 1 aromatic rings. The third-order valence-electron chi connectivity index (χ3n) is 10.9. The smallest absolute Gasteiger partial charge is 0.338 e. The largest absolute Gasteiger partial charge is 0.454 e. The summed E-state index contributed by atoms with van der Waals surface area (Å²) in [5, 5.41) is 46.6. The highest BCUT2D eigenvalue weighted by Crippen LogP contribution is 2.77. The number of hydrogen-bond donors (Lipinski definition) is 4. The molecule has 0 amide bonds. The van der Waals surface area contributed by atoms with Gasteiger partial charge in [0.1, 0.15) is 22.9 Å². The number of aliphatic hydroxyl groups is 4. The van der Waals surface area contributed by atoms with Gasteiger partial charge in [-0.3, -0.25) is 9.59 Å². The second-order valence-electron chi connectivity index (χ2n) is 14.0. The Hall–Kier alpha value is -2.85. The minimum Gasteiger partial charge on any atom is -0.454 e. The van der Waals surface area contributed by atoms with E-state index in [2.05, 4.69) is 6.92 Å². The molecule has 2 unspecified atom stereocenters. The van der Waals surface area contributed by atoms with Gasteiger partial charge in [-0.05, 0) is 42.7 Å². The van der Waals surface area contributed by atoms with E-state index >= 15 is 0 Å². The van der Waals surface area contributed by atoms with E-state index < -0.39 is 82.4 Å². The van der Waals surface area contributed by atoms with Crippen molar-refractivity contribution in [1.29, 1.82) is 0 Å². The summed E-state index contributed by atoms with van der Waals surface area (Å²) in [7, 11) is 0. The van der Waals surface area contributed by atoms with Crippen LogP contribution in [0.1, 0.15) is 89.9 Å². The predicted molar refractivity (Wildman–Crippen MR) is 161 cm³/mol. The van der Waals surface area contributed by atoms with Gasteiger partial charge in [0, 0.05) is 36.0 Å². The molecule has 8 atom stereocenters. The molecule has 1 aromatic carbocycles. The Morgan fingerprint density at radius 2 is 1.68 bits per heavy atom. The molecule has 0 radical (unpaired) electrons. The van der Waals surface area contributed by atoms with Crippen molar-refractivity contribution < 1.29 is 44.3 Å². The lowest BCUT2D eigenvalue weighted by atomic mass is 9.61. The van der Waals surface area contributed by atoms with E-state index in [1.807, 2.05) is 13.8 Å². The zero-order valence-corrected chi connectivity index (χ0v) is 26.3. The molecule has 0 aromatic heterocycles. The van der Waals surface area contributed by atoms with Crippen LogP contribution in [0, 0.1) is 23.2 Å². The molecule has 0 saturated heterocycles. The molecule has 2 saturated carbocycles. The molecule has 4 aliphatic rings. The molecule has 0 aliphatic heterocycles. The number of unbranched alkanes of at least 4 members (excludes halogenated alkanes) is 4. The summed E-state index contributed by atoms with van der Waals surface area (Å²) in [6, 6.07) is 8.38. The summed E-state index contributed by atoms with van der Waals surface area (Å²) in [4.78, 5) is 40.4. The Bertz CT molecular complexity index is 1380. The molecule has 4 aliphatic carbocycles. The molecular formula is C35H46O9. The van der Waals surface area contributed by atoms with E-state index in [1.54, 1.807) is 37.3 Å². The minimum atomic E-state index is -2.23. The number of rotatable bonds is 10. The summed E-state index contributed by atoms with van der Waals surface area (Å²) in [6.07, 6.45) is 5.99. The lowest BCUT2D eigenvalue weighted by molar-refractivity contribution is -0.194. The third kappa shape index (κ3) is 4.70. The number of Topliss-reactive ketones (excluding diaryl/α,β-unsaturated/α-hetero) is 1. The standard InChI is InChI=1S/C35H46O9/c1-6-7-8-9-13-16-26(37)44-35-27(31(35,4)5)24-18-32(40,20-36)19-33(41)25(17-21(2)28(33)38)34(24,42)22(3)29(35)43-30(39)23-14-11-10-12-15-23/h10-12,14-15,17-18,22,25,27,29,36,40-42H,6-9,13,16,19-20H2,1-5H3/t22-,25?,27?,29-,32-,33-,34-,35-/m1/s1. The molecule has 0 spiro atoms. The van der Waals surface area contributed by atoms with Crippen molar-refractivity contribution in [3.63, 3.8) is 0 Å². The van der Waals surface area contributed by atoms with E-state index in [0.29, 0.717) is 6.42 Å². The van der Waals surface area contributed by atoms with Crippen molar-refractivity contribution >= 4 is 17.7 Å². The van der Waals surface area contributed by atoms with Gasteiger partial charge in [0.2, 0.25) is 0 Å². The molecule has 9 nitrogen and oxygen atoms in total. The quantitative estimate of drug-likeness (QED) is 0.176. The number of fused-ring (bicyclic) bond motifs is 5.